The molecule has 0 saturated carbocycles. The van der Waals surface area contributed by atoms with E-state index in [0.717, 1.165) is 0 Å². The molecule has 2 N–H and O–H groups in total. The molecular weight excluding hydrogens is 439 g/mol. The Morgan fingerprint density at radius 3 is 2.91 bits per heavy atom. The van der Waals surface area contributed by atoms with Gasteiger partial charge in [0.05, 0.1) is 33.7 Å². The number of anilines is 1. The predicted molar refractivity (Wildman–Crippen MR) is 122 cm³/mol. The fourth-order valence-electron chi connectivity index (χ4n) is 2.74. The van der Waals surface area contributed by atoms with Crippen molar-refractivity contribution in [3.63, 3.8) is 0 Å². The Labute approximate surface area is 232 Å². The van der Waals surface area contributed by atoms with Crippen LogP contribution in [0.25, 0.3) is 0 Å². The summed E-state index contributed by atoms with van der Waals surface area (Å²) in [6.07, 6.45) is -7.99. The van der Waals surface area contributed by atoms with Crippen LogP contribution in [-0.4, -0.2) is 59.7 Å². The zero-order chi connectivity index (χ0) is 45.9. The van der Waals surface area contributed by atoms with E-state index in [4.69, 9.17) is 34.3 Å². The molecule has 3 aliphatic rings. The molecular formula is C25H27FN4O4. The molecule has 3 aliphatic heterocycles. The summed E-state index contributed by atoms with van der Waals surface area (Å²) in [6.45, 7) is -28.2. The van der Waals surface area contributed by atoms with Gasteiger partial charge in [-0.3, -0.25) is 24.6 Å². The molecule has 2 aromatic carbocycles. The summed E-state index contributed by atoms with van der Waals surface area (Å²) in [4.78, 5) is 37.9. The summed E-state index contributed by atoms with van der Waals surface area (Å²) in [7, 11) is 0. The lowest BCUT2D eigenvalue weighted by Gasteiger charge is -2.29. The Balaban J connectivity index is 1.77. The average Bonchev–Trinajstić information content (AvgIpc) is 3.26. The fraction of sp³-hybridized carbons (Fsp3) is 0.400. The number of nitrogens with one attached hydrogen (secondary N) is 2. The molecule has 2 saturated heterocycles. The Morgan fingerprint density at radius 2 is 2.09 bits per heavy atom. The van der Waals surface area contributed by atoms with Crippen LogP contribution in [0.3, 0.4) is 0 Å². The molecule has 0 spiro atoms. The molecule has 178 valence electrons. The summed E-state index contributed by atoms with van der Waals surface area (Å²) in [6, 6.07) is -13.6. The van der Waals surface area contributed by atoms with Crippen LogP contribution in [0.4, 0.5) is 10.1 Å². The third-order valence-electron chi connectivity index (χ3n) is 4.20. The highest BCUT2D eigenvalue weighted by Crippen LogP contribution is 2.32. The van der Waals surface area contributed by atoms with Crippen molar-refractivity contribution in [2.45, 2.75) is 38.3 Å². The minimum absolute atomic E-state index is 0.580. The van der Waals surface area contributed by atoms with Gasteiger partial charge in [-0.25, -0.2) is 4.39 Å². The van der Waals surface area contributed by atoms with Crippen LogP contribution in [0.2, 0.25) is 0 Å². The third-order valence-corrected chi connectivity index (χ3v) is 4.20. The topological polar surface area (TPSA) is 91.0 Å². The van der Waals surface area contributed by atoms with E-state index < -0.39 is 162 Å². The number of hydrogen-bond acceptors (Lipinski definition) is 6. The molecule has 2 fully saturated rings. The monoisotopic (exact) mass is 491 g/mol. The lowest BCUT2D eigenvalue weighted by molar-refractivity contribution is -0.136. The summed E-state index contributed by atoms with van der Waals surface area (Å²) >= 11 is 0. The van der Waals surface area contributed by atoms with Gasteiger partial charge < -0.3 is 15.0 Å². The molecule has 0 bridgehead atoms. The average molecular weight is 492 g/mol. The zero-order valence-electron chi connectivity index (χ0n) is 41.4. The molecule has 1 atom stereocenters. The summed E-state index contributed by atoms with van der Waals surface area (Å²) in [5, 5.41) is 3.00. The molecule has 0 radical (unpaired) electrons. The molecule has 9 heteroatoms. The second-order valence-electron chi connectivity index (χ2n) is 6.30. The number of nitrogens with zero attached hydrogens (tertiary/aromatic N) is 2. The van der Waals surface area contributed by atoms with E-state index in [9.17, 15) is 14.4 Å². The highest BCUT2D eigenvalue weighted by Gasteiger charge is 2.39. The molecule has 1 unspecified atom stereocenters. The highest BCUT2D eigenvalue weighted by molar-refractivity contribution is 6.06. The molecule has 2 aromatic rings. The maximum absolute atomic E-state index is 16.0. The van der Waals surface area contributed by atoms with E-state index in [1.54, 1.807) is 5.32 Å². The number of imide groups is 1. The second kappa shape index (κ2) is 9.52. The van der Waals surface area contributed by atoms with Crippen LogP contribution in [0, 0.1) is 5.82 Å². The van der Waals surface area contributed by atoms with Gasteiger partial charge in [0.25, 0.3) is 5.91 Å². The van der Waals surface area contributed by atoms with Gasteiger partial charge in [0.1, 0.15) is 11.8 Å². The van der Waals surface area contributed by atoms with Gasteiger partial charge in [0, 0.05) is 74.9 Å². The van der Waals surface area contributed by atoms with Gasteiger partial charge in [-0.15, -0.1) is 0 Å². The van der Waals surface area contributed by atoms with E-state index in [2.05, 4.69) is 4.74 Å². The second-order valence-corrected chi connectivity index (χ2v) is 6.30. The molecule has 5 rings (SSSR count). The standard InChI is InChI=1S/C25H27FN4O4/c26-20-5-4-16(14-29-8-10-34-11-9-29)12-17(20)13-27-21-3-1-2-18-19(21)15-30(25(18)33)22-6-7-23(31)28-24(22)32/h1-5,12,22,27H,6-11,13-15H2,(H,28,31,32)/i1D,2D,3D,4D,5D,6D2,7D2,8D2,9D2,10D2,11D2,12D,13D2,14D2,15D2,22D. The van der Waals surface area contributed by atoms with Crippen molar-refractivity contribution in [1.82, 2.24) is 15.1 Å². The van der Waals surface area contributed by atoms with Gasteiger partial charge in [0.15, 0.2) is 0 Å². The minimum Gasteiger partial charge on any atom is -0.381 e. The van der Waals surface area contributed by atoms with Crippen molar-refractivity contribution in [3.8, 4) is 0 Å². The first kappa shape index (κ1) is 7.60. The Morgan fingerprint density at radius 1 is 1.26 bits per heavy atom. The Kier molecular flexibility index (Phi) is 2.13. The smallest absolute Gasteiger partial charge is 0.255 e. The zero-order valence-corrected chi connectivity index (χ0v) is 16.4. The van der Waals surface area contributed by atoms with Crippen molar-refractivity contribution in [2.24, 2.45) is 0 Å². The van der Waals surface area contributed by atoms with Gasteiger partial charge in [-0.05, 0) is 36.1 Å². The van der Waals surface area contributed by atoms with E-state index in [0.29, 0.717) is 0 Å². The molecule has 3 heterocycles. The Bertz CT molecular complexity index is 2230. The number of carbonyl (C=O) groups is 3. The van der Waals surface area contributed by atoms with Crippen molar-refractivity contribution < 1.29 is 57.8 Å². The van der Waals surface area contributed by atoms with Gasteiger partial charge >= 0.3 is 0 Å². The van der Waals surface area contributed by atoms with Crippen LogP contribution in [0.15, 0.2) is 36.3 Å². The number of ether oxygens (including phenoxy) is 1. The van der Waals surface area contributed by atoms with Gasteiger partial charge in [-0.1, -0.05) is 12.1 Å². The number of amides is 3. The van der Waals surface area contributed by atoms with Crippen molar-refractivity contribution >= 4 is 23.4 Å². The van der Waals surface area contributed by atoms with Crippen molar-refractivity contribution in [2.75, 3.05) is 31.4 Å². The summed E-state index contributed by atoms with van der Waals surface area (Å²) in [5.74, 6) is -8.28. The predicted octanol–water partition coefficient (Wildman–Crippen LogP) is 2.03. The first-order valence-electron chi connectivity index (χ1n) is 21.6. The van der Waals surface area contributed by atoms with Crippen LogP contribution in [-0.2, 0) is 33.8 Å². The first-order chi connectivity index (χ1) is 26.1. The molecule has 0 aliphatic carbocycles. The number of carbonyl (C=O) groups excluding carboxylic acids is 3. The maximum atomic E-state index is 16.0. The molecule has 3 amide bonds. The van der Waals surface area contributed by atoms with E-state index in [-0.39, 0.29) is 0 Å². The molecule has 8 nitrogen and oxygen atoms in total. The summed E-state index contributed by atoms with van der Waals surface area (Å²) < 4.78 is 229. The van der Waals surface area contributed by atoms with E-state index in [1.807, 2.05) is 0 Å². The van der Waals surface area contributed by atoms with E-state index >= 15 is 4.39 Å². The fourth-order valence-corrected chi connectivity index (χ4v) is 2.74. The molecule has 34 heavy (non-hydrogen) atoms. The number of rotatable bonds is 6. The molecule has 0 aromatic heterocycles. The largest absolute Gasteiger partial charge is 0.381 e. The third kappa shape index (κ3) is 4.53. The lowest BCUT2D eigenvalue weighted by atomic mass is 10.0. The first-order valence-corrected chi connectivity index (χ1v) is 9.05. The highest BCUT2D eigenvalue weighted by atomic mass is 19.1. The number of piperidine rings is 1. The van der Waals surface area contributed by atoms with E-state index in [1.165, 1.54) is 5.32 Å². The number of benzene rings is 2. The van der Waals surface area contributed by atoms with Crippen LogP contribution in [0.1, 0.15) is 74.1 Å². The number of morpholine rings is 1. The normalized spacial score (nSPS) is 45.0. The SMILES string of the molecule is [2H]c1c([2H])c(NC([2H])([2H])c2c([2H])c(C([2H])([2H])N3C([2H])([2H])C([2H])([2H])OC([2H])([2H])C3([2H])[2H])c([2H])c([2H])c2F)c2c(c1[2H])C(=O)N(C1([2H])C(=O)NC(=O)C([2H])([2H])C1([2H])[2H])C2([2H])[2H]. The Hall–Kier alpha value is -3.30. The quantitative estimate of drug-likeness (QED) is 0.601. The van der Waals surface area contributed by atoms with Crippen LogP contribution < -0.4 is 10.6 Å². The van der Waals surface area contributed by atoms with Gasteiger partial charge in [0.2, 0.25) is 11.8 Å². The van der Waals surface area contributed by atoms with Crippen molar-refractivity contribution in [3.05, 3.63) is 64.3 Å². The maximum Gasteiger partial charge on any atom is 0.255 e. The summed E-state index contributed by atoms with van der Waals surface area (Å²) in [5.41, 5.74) is -7.94. The number of halogens is 1. The van der Waals surface area contributed by atoms with Crippen LogP contribution in [0.5, 0.6) is 0 Å². The minimum atomic E-state index is -4.22. The van der Waals surface area contributed by atoms with Crippen LogP contribution >= 0.6 is 0 Å². The number of fused-ring (bicyclic) bond motifs is 1. The lowest BCUT2D eigenvalue weighted by Crippen LogP contribution is -2.52. The van der Waals surface area contributed by atoms with Gasteiger partial charge in [-0.2, -0.15) is 0 Å². The van der Waals surface area contributed by atoms with Crippen molar-refractivity contribution in [1.29, 1.82) is 0 Å². The number of hydrogen-bond donors (Lipinski definition) is 2.